The van der Waals surface area contributed by atoms with E-state index in [4.69, 9.17) is 9.47 Å². The molecule has 1 amide bonds. The SMILES string of the molecule is C=CCC(C)(NC(=O)OC(C)(C)C)C(=O)OCC. The third-order valence-corrected chi connectivity index (χ3v) is 2.06. The van der Waals surface area contributed by atoms with E-state index in [0.29, 0.717) is 0 Å². The largest absolute Gasteiger partial charge is 0.464 e. The van der Waals surface area contributed by atoms with Crippen LogP contribution < -0.4 is 5.32 Å². The van der Waals surface area contributed by atoms with Gasteiger partial charge in [0.05, 0.1) is 6.61 Å². The Balaban J connectivity index is 4.75. The molecule has 18 heavy (non-hydrogen) atoms. The average Bonchev–Trinajstić information content (AvgIpc) is 2.14. The number of alkyl carbamates (subject to hydrolysis) is 1. The first kappa shape index (κ1) is 16.5. The topological polar surface area (TPSA) is 64.6 Å². The van der Waals surface area contributed by atoms with Crippen molar-refractivity contribution in [1.82, 2.24) is 5.32 Å². The van der Waals surface area contributed by atoms with Gasteiger partial charge in [-0.15, -0.1) is 6.58 Å². The molecule has 0 fully saturated rings. The van der Waals surface area contributed by atoms with Crippen LogP contribution in [-0.2, 0) is 14.3 Å². The summed E-state index contributed by atoms with van der Waals surface area (Å²) in [6.45, 7) is 12.4. The molecule has 0 rings (SSSR count). The van der Waals surface area contributed by atoms with Gasteiger partial charge in [0.2, 0.25) is 0 Å². The normalized spacial score (nSPS) is 14.3. The molecule has 0 aliphatic heterocycles. The van der Waals surface area contributed by atoms with Gasteiger partial charge in [-0.2, -0.15) is 0 Å². The minimum atomic E-state index is -1.15. The Morgan fingerprint density at radius 3 is 2.22 bits per heavy atom. The first-order valence-corrected chi connectivity index (χ1v) is 5.94. The van der Waals surface area contributed by atoms with E-state index >= 15 is 0 Å². The van der Waals surface area contributed by atoms with Gasteiger partial charge in [-0.3, -0.25) is 0 Å². The first-order chi connectivity index (χ1) is 8.14. The average molecular weight is 257 g/mol. The van der Waals surface area contributed by atoms with E-state index < -0.39 is 23.2 Å². The predicted molar refractivity (Wildman–Crippen MR) is 69.2 cm³/mol. The summed E-state index contributed by atoms with van der Waals surface area (Å²) in [5.41, 5.74) is -1.77. The van der Waals surface area contributed by atoms with Crippen LogP contribution in [0.4, 0.5) is 4.79 Å². The van der Waals surface area contributed by atoms with Crippen LogP contribution in [0.5, 0.6) is 0 Å². The van der Waals surface area contributed by atoms with Crippen LogP contribution >= 0.6 is 0 Å². The van der Waals surface area contributed by atoms with E-state index in [1.165, 1.54) is 0 Å². The van der Waals surface area contributed by atoms with Crippen LogP contribution in [-0.4, -0.2) is 29.8 Å². The van der Waals surface area contributed by atoms with Crippen LogP contribution in [0.3, 0.4) is 0 Å². The highest BCUT2D eigenvalue weighted by atomic mass is 16.6. The Hall–Kier alpha value is -1.52. The summed E-state index contributed by atoms with van der Waals surface area (Å²) >= 11 is 0. The van der Waals surface area contributed by atoms with Crippen molar-refractivity contribution in [3.05, 3.63) is 12.7 Å². The summed E-state index contributed by atoms with van der Waals surface area (Å²) in [4.78, 5) is 23.5. The van der Waals surface area contributed by atoms with Gasteiger partial charge >= 0.3 is 12.1 Å². The van der Waals surface area contributed by atoms with E-state index in [1.807, 2.05) is 0 Å². The molecule has 1 N–H and O–H groups in total. The third kappa shape index (κ3) is 5.70. The lowest BCUT2D eigenvalue weighted by molar-refractivity contribution is -0.150. The van der Waals surface area contributed by atoms with Crippen molar-refractivity contribution in [3.63, 3.8) is 0 Å². The van der Waals surface area contributed by atoms with E-state index in [1.54, 1.807) is 40.7 Å². The summed E-state index contributed by atoms with van der Waals surface area (Å²) in [5.74, 6) is -0.504. The monoisotopic (exact) mass is 257 g/mol. The zero-order valence-electron chi connectivity index (χ0n) is 11.8. The molecule has 0 bridgehead atoms. The number of carbonyl (C=O) groups is 2. The Morgan fingerprint density at radius 1 is 1.28 bits per heavy atom. The van der Waals surface area contributed by atoms with Crippen molar-refractivity contribution in [2.24, 2.45) is 0 Å². The van der Waals surface area contributed by atoms with Gasteiger partial charge in [0.25, 0.3) is 0 Å². The van der Waals surface area contributed by atoms with E-state index in [0.717, 1.165) is 0 Å². The predicted octanol–water partition coefficient (Wildman–Crippen LogP) is 2.41. The molecule has 5 nitrogen and oxygen atoms in total. The Morgan fingerprint density at radius 2 is 1.83 bits per heavy atom. The summed E-state index contributed by atoms with van der Waals surface area (Å²) in [6.07, 6.45) is 1.17. The molecular weight excluding hydrogens is 234 g/mol. The zero-order chi connectivity index (χ0) is 14.4. The van der Waals surface area contributed by atoms with Crippen molar-refractivity contribution >= 4 is 12.1 Å². The van der Waals surface area contributed by atoms with Gasteiger partial charge in [0, 0.05) is 0 Å². The molecule has 104 valence electrons. The number of carbonyl (C=O) groups excluding carboxylic acids is 2. The fourth-order valence-corrected chi connectivity index (χ4v) is 1.29. The van der Waals surface area contributed by atoms with Gasteiger partial charge < -0.3 is 14.8 Å². The molecule has 0 aliphatic carbocycles. The van der Waals surface area contributed by atoms with Gasteiger partial charge in [0.15, 0.2) is 0 Å². The molecule has 0 radical (unpaired) electrons. The highest BCUT2D eigenvalue weighted by Crippen LogP contribution is 2.15. The minimum absolute atomic E-state index is 0.252. The lowest BCUT2D eigenvalue weighted by Gasteiger charge is -2.29. The van der Waals surface area contributed by atoms with Crippen LogP contribution in [0.15, 0.2) is 12.7 Å². The lowest BCUT2D eigenvalue weighted by atomic mass is 9.98. The van der Waals surface area contributed by atoms with Crippen molar-refractivity contribution in [1.29, 1.82) is 0 Å². The Bertz CT molecular complexity index is 319. The molecule has 0 saturated heterocycles. The number of ether oxygens (including phenoxy) is 2. The number of amides is 1. The van der Waals surface area contributed by atoms with E-state index in [-0.39, 0.29) is 13.0 Å². The van der Waals surface area contributed by atoms with Crippen LogP contribution in [0.1, 0.15) is 41.0 Å². The molecule has 0 spiro atoms. The fraction of sp³-hybridized carbons (Fsp3) is 0.692. The zero-order valence-corrected chi connectivity index (χ0v) is 11.8. The summed E-state index contributed by atoms with van der Waals surface area (Å²) in [6, 6.07) is 0. The summed E-state index contributed by atoms with van der Waals surface area (Å²) in [7, 11) is 0. The molecule has 0 saturated carbocycles. The Kier molecular flexibility index (Phi) is 5.88. The van der Waals surface area contributed by atoms with Gasteiger partial charge in [-0.05, 0) is 41.0 Å². The quantitative estimate of drug-likeness (QED) is 0.606. The maximum absolute atomic E-state index is 11.8. The second-order valence-corrected chi connectivity index (χ2v) is 5.17. The summed E-state index contributed by atoms with van der Waals surface area (Å²) < 4.78 is 10.0. The second-order valence-electron chi connectivity index (χ2n) is 5.17. The molecule has 1 atom stereocenters. The standard InChI is InChI=1S/C13H23NO4/c1-7-9-13(6,10(15)17-8-2)14-11(16)18-12(3,4)5/h7H,1,8-9H2,2-6H3,(H,14,16). The molecule has 5 heteroatoms. The maximum Gasteiger partial charge on any atom is 0.408 e. The van der Waals surface area contributed by atoms with Crippen LogP contribution in [0.2, 0.25) is 0 Å². The van der Waals surface area contributed by atoms with Gasteiger partial charge in [-0.25, -0.2) is 9.59 Å². The fourth-order valence-electron chi connectivity index (χ4n) is 1.29. The maximum atomic E-state index is 11.8. The molecule has 0 aromatic rings. The van der Waals surface area contributed by atoms with E-state index in [9.17, 15) is 9.59 Å². The van der Waals surface area contributed by atoms with Crippen LogP contribution in [0, 0.1) is 0 Å². The molecule has 0 aromatic carbocycles. The highest BCUT2D eigenvalue weighted by Gasteiger charge is 2.36. The number of hydrogen-bond acceptors (Lipinski definition) is 4. The molecule has 0 aromatic heterocycles. The van der Waals surface area contributed by atoms with Crippen molar-refractivity contribution in [2.45, 2.75) is 52.2 Å². The lowest BCUT2D eigenvalue weighted by Crippen LogP contribution is -2.53. The van der Waals surface area contributed by atoms with Crippen molar-refractivity contribution in [2.75, 3.05) is 6.61 Å². The number of hydrogen-bond donors (Lipinski definition) is 1. The van der Waals surface area contributed by atoms with E-state index in [2.05, 4.69) is 11.9 Å². The summed E-state index contributed by atoms with van der Waals surface area (Å²) in [5, 5.41) is 2.53. The minimum Gasteiger partial charge on any atom is -0.464 e. The second kappa shape index (κ2) is 6.42. The molecule has 0 aliphatic rings. The number of esters is 1. The van der Waals surface area contributed by atoms with Crippen molar-refractivity contribution < 1.29 is 19.1 Å². The third-order valence-electron chi connectivity index (χ3n) is 2.06. The van der Waals surface area contributed by atoms with Crippen molar-refractivity contribution in [3.8, 4) is 0 Å². The number of rotatable bonds is 5. The van der Waals surface area contributed by atoms with Crippen LogP contribution in [0.25, 0.3) is 0 Å². The molecule has 1 unspecified atom stereocenters. The highest BCUT2D eigenvalue weighted by molar-refractivity contribution is 5.85. The number of nitrogens with one attached hydrogen (secondary N) is 1. The smallest absolute Gasteiger partial charge is 0.408 e. The molecular formula is C13H23NO4. The Labute approximate surface area is 109 Å². The molecule has 0 heterocycles. The van der Waals surface area contributed by atoms with Gasteiger partial charge in [0.1, 0.15) is 11.1 Å². The van der Waals surface area contributed by atoms with Gasteiger partial charge in [-0.1, -0.05) is 6.08 Å². The first-order valence-electron chi connectivity index (χ1n) is 5.94.